The third kappa shape index (κ3) is 1.74. The van der Waals surface area contributed by atoms with E-state index in [0.717, 1.165) is 19.3 Å². The molecule has 3 saturated carbocycles. The summed E-state index contributed by atoms with van der Waals surface area (Å²) in [7, 11) is 0. The first kappa shape index (κ1) is 12.6. The average Bonchev–Trinajstić information content (AvgIpc) is 3.33. The highest BCUT2D eigenvalue weighted by Gasteiger charge is 2.73. The summed E-state index contributed by atoms with van der Waals surface area (Å²) >= 11 is 0. The third-order valence-electron chi connectivity index (χ3n) is 5.22. The monoisotopic (exact) mass is 289 g/mol. The Morgan fingerprint density at radius 2 is 1.76 bits per heavy atom. The predicted octanol–water partition coefficient (Wildman–Crippen LogP) is 2.47. The molecule has 3 fully saturated rings. The minimum atomic E-state index is -1.12. The lowest BCUT2D eigenvalue weighted by molar-refractivity contribution is -0.384. The summed E-state index contributed by atoms with van der Waals surface area (Å²) in [6, 6.07) is 5.68. The van der Waals surface area contributed by atoms with Crippen LogP contribution in [0.4, 0.5) is 5.69 Å². The number of hydrogen-bond acceptors (Lipinski definition) is 4. The molecule has 6 nitrogen and oxygen atoms in total. The van der Waals surface area contributed by atoms with E-state index in [0.29, 0.717) is 17.6 Å². The van der Waals surface area contributed by atoms with Gasteiger partial charge in [-0.2, -0.15) is 0 Å². The molecule has 4 rings (SSSR count). The molecule has 0 heterocycles. The molecule has 1 aromatic rings. The molecule has 0 aliphatic heterocycles. The van der Waals surface area contributed by atoms with Crippen LogP contribution in [0.2, 0.25) is 0 Å². The summed E-state index contributed by atoms with van der Waals surface area (Å²) in [5, 5.41) is 20.4. The van der Waals surface area contributed by atoms with Crippen LogP contribution in [-0.2, 0) is 4.79 Å². The Hall–Kier alpha value is -2.11. The molecule has 0 radical (unpaired) electrons. The molecular formula is C15H15NO5. The summed E-state index contributed by atoms with van der Waals surface area (Å²) in [6.07, 6.45) is 2.98. The quantitative estimate of drug-likeness (QED) is 0.679. The highest BCUT2D eigenvalue weighted by Crippen LogP contribution is 2.68. The first-order valence-electron chi connectivity index (χ1n) is 7.19. The van der Waals surface area contributed by atoms with E-state index in [1.807, 2.05) is 0 Å². The van der Waals surface area contributed by atoms with Gasteiger partial charge in [0.1, 0.15) is 5.75 Å². The van der Waals surface area contributed by atoms with E-state index in [2.05, 4.69) is 0 Å². The third-order valence-corrected chi connectivity index (χ3v) is 5.22. The van der Waals surface area contributed by atoms with Gasteiger partial charge in [0.15, 0.2) is 0 Å². The van der Waals surface area contributed by atoms with Gasteiger partial charge in [-0.25, -0.2) is 4.79 Å². The number of aliphatic carboxylic acids is 1. The molecule has 4 atom stereocenters. The number of fused-ring (bicyclic) bond motifs is 2. The molecule has 1 aromatic carbocycles. The zero-order chi connectivity index (χ0) is 14.8. The van der Waals surface area contributed by atoms with Crippen LogP contribution in [0.3, 0.4) is 0 Å². The summed E-state index contributed by atoms with van der Waals surface area (Å²) in [5.74, 6) is 0.649. The topological polar surface area (TPSA) is 89.7 Å². The van der Waals surface area contributed by atoms with Crippen molar-refractivity contribution < 1.29 is 19.6 Å². The number of nitro groups is 1. The van der Waals surface area contributed by atoms with Crippen molar-refractivity contribution >= 4 is 11.7 Å². The molecule has 0 amide bonds. The number of rotatable bonds is 4. The van der Waals surface area contributed by atoms with Gasteiger partial charge in [-0.15, -0.1) is 0 Å². The number of nitrogens with zero attached hydrogens (tertiary/aromatic N) is 1. The predicted molar refractivity (Wildman–Crippen MR) is 71.9 cm³/mol. The van der Waals surface area contributed by atoms with Crippen LogP contribution >= 0.6 is 0 Å². The summed E-state index contributed by atoms with van der Waals surface area (Å²) in [4.78, 5) is 22.1. The van der Waals surface area contributed by atoms with E-state index in [1.54, 1.807) is 0 Å². The average molecular weight is 289 g/mol. The van der Waals surface area contributed by atoms with Gasteiger partial charge in [-0.3, -0.25) is 10.1 Å². The van der Waals surface area contributed by atoms with Gasteiger partial charge in [-0.1, -0.05) is 0 Å². The number of carboxylic acids is 1. The van der Waals surface area contributed by atoms with Gasteiger partial charge in [0.05, 0.1) is 4.92 Å². The Bertz CT molecular complexity index is 609. The second kappa shape index (κ2) is 3.96. The molecule has 6 heteroatoms. The van der Waals surface area contributed by atoms with Crippen LogP contribution < -0.4 is 4.74 Å². The molecule has 3 aliphatic rings. The maximum absolute atomic E-state index is 11.9. The number of nitro benzene ring substituents is 1. The van der Waals surface area contributed by atoms with Crippen molar-refractivity contribution in [2.75, 3.05) is 0 Å². The Balaban J connectivity index is 1.64. The van der Waals surface area contributed by atoms with E-state index in [4.69, 9.17) is 4.74 Å². The molecule has 0 spiro atoms. The van der Waals surface area contributed by atoms with Crippen molar-refractivity contribution in [1.82, 2.24) is 0 Å². The van der Waals surface area contributed by atoms with Crippen molar-refractivity contribution in [3.8, 4) is 5.75 Å². The van der Waals surface area contributed by atoms with E-state index >= 15 is 0 Å². The van der Waals surface area contributed by atoms with Crippen LogP contribution in [0.15, 0.2) is 24.3 Å². The minimum absolute atomic E-state index is 0.0241. The number of hydrogen-bond donors (Lipinski definition) is 1. The number of benzene rings is 1. The van der Waals surface area contributed by atoms with Crippen molar-refractivity contribution in [3.63, 3.8) is 0 Å². The molecule has 0 saturated heterocycles. The van der Waals surface area contributed by atoms with E-state index < -0.39 is 16.5 Å². The van der Waals surface area contributed by atoms with Crippen molar-refractivity contribution in [2.24, 2.45) is 23.7 Å². The molecule has 0 bridgehead atoms. The van der Waals surface area contributed by atoms with E-state index in [-0.39, 0.29) is 17.5 Å². The Morgan fingerprint density at radius 3 is 2.24 bits per heavy atom. The molecule has 110 valence electrons. The normalized spacial score (nSPS) is 38.9. The standard InChI is InChI=1S/C15H15NO5/c17-14(18)15(12-6-8(12)5-9-7-13(9)15)21-11-3-1-10(2-4-11)16(19)20/h1-4,8-9,12-13H,5-7H2,(H,17,18). The summed E-state index contributed by atoms with van der Waals surface area (Å²) in [6.45, 7) is 0. The summed E-state index contributed by atoms with van der Waals surface area (Å²) < 4.78 is 5.92. The molecule has 21 heavy (non-hydrogen) atoms. The second-order valence-electron chi connectivity index (χ2n) is 6.39. The Morgan fingerprint density at radius 1 is 1.19 bits per heavy atom. The van der Waals surface area contributed by atoms with Crippen LogP contribution in [0.25, 0.3) is 0 Å². The lowest BCUT2D eigenvalue weighted by atomic mass is 9.83. The minimum Gasteiger partial charge on any atom is -0.478 e. The molecule has 0 aromatic heterocycles. The lowest BCUT2D eigenvalue weighted by Crippen LogP contribution is -2.51. The largest absolute Gasteiger partial charge is 0.478 e. The Kier molecular flexibility index (Phi) is 2.38. The number of carboxylic acid groups (broad SMARTS) is 1. The van der Waals surface area contributed by atoms with Gasteiger partial charge >= 0.3 is 5.97 Å². The summed E-state index contributed by atoms with van der Waals surface area (Å²) in [5.41, 5.74) is -1.15. The van der Waals surface area contributed by atoms with Gasteiger partial charge < -0.3 is 9.84 Å². The fourth-order valence-electron chi connectivity index (χ4n) is 4.07. The van der Waals surface area contributed by atoms with Gasteiger partial charge in [0, 0.05) is 24.0 Å². The molecular weight excluding hydrogens is 274 g/mol. The van der Waals surface area contributed by atoms with Crippen LogP contribution in [-0.4, -0.2) is 21.6 Å². The first-order chi connectivity index (χ1) is 10.0. The number of carbonyl (C=O) groups is 1. The molecule has 4 unspecified atom stereocenters. The Labute approximate surface area is 120 Å². The van der Waals surface area contributed by atoms with Crippen molar-refractivity contribution in [2.45, 2.75) is 24.9 Å². The lowest BCUT2D eigenvalue weighted by Gasteiger charge is -2.34. The van der Waals surface area contributed by atoms with Crippen LogP contribution in [0, 0.1) is 33.8 Å². The zero-order valence-electron chi connectivity index (χ0n) is 11.3. The fourth-order valence-corrected chi connectivity index (χ4v) is 4.07. The zero-order valence-corrected chi connectivity index (χ0v) is 11.3. The van der Waals surface area contributed by atoms with Gasteiger partial charge in [-0.05, 0) is 43.2 Å². The SMILES string of the molecule is O=C(O)C1(Oc2ccc([N+](=O)[O-])cc2)C2CC2CC2CC21. The van der Waals surface area contributed by atoms with Gasteiger partial charge in [0.2, 0.25) is 5.60 Å². The number of non-ortho nitro benzene ring substituents is 1. The molecule has 3 aliphatic carbocycles. The maximum Gasteiger partial charge on any atom is 0.348 e. The van der Waals surface area contributed by atoms with Crippen molar-refractivity contribution in [3.05, 3.63) is 34.4 Å². The van der Waals surface area contributed by atoms with E-state index in [9.17, 15) is 20.0 Å². The van der Waals surface area contributed by atoms with Gasteiger partial charge in [0.25, 0.3) is 5.69 Å². The first-order valence-corrected chi connectivity index (χ1v) is 7.19. The highest BCUT2D eigenvalue weighted by atomic mass is 16.6. The second-order valence-corrected chi connectivity index (χ2v) is 6.39. The molecule has 1 N–H and O–H groups in total. The number of ether oxygens (including phenoxy) is 1. The van der Waals surface area contributed by atoms with Crippen LogP contribution in [0.5, 0.6) is 5.75 Å². The fraction of sp³-hybridized carbons (Fsp3) is 0.533. The maximum atomic E-state index is 11.9. The smallest absolute Gasteiger partial charge is 0.348 e. The van der Waals surface area contributed by atoms with Crippen molar-refractivity contribution in [1.29, 1.82) is 0 Å². The highest BCUT2D eigenvalue weighted by molar-refractivity contribution is 5.81. The van der Waals surface area contributed by atoms with Crippen LogP contribution in [0.1, 0.15) is 19.3 Å². The van der Waals surface area contributed by atoms with E-state index in [1.165, 1.54) is 24.3 Å².